The van der Waals surface area contributed by atoms with Crippen molar-refractivity contribution in [1.82, 2.24) is 15.0 Å². The average Bonchev–Trinajstić information content (AvgIpc) is 3.01. The van der Waals surface area contributed by atoms with E-state index in [0.717, 1.165) is 25.9 Å². The van der Waals surface area contributed by atoms with Crippen LogP contribution in [0.2, 0.25) is 0 Å². The van der Waals surface area contributed by atoms with E-state index in [-0.39, 0.29) is 11.6 Å². The van der Waals surface area contributed by atoms with Crippen molar-refractivity contribution in [2.45, 2.75) is 71.1 Å². The van der Waals surface area contributed by atoms with Crippen molar-refractivity contribution in [2.24, 2.45) is 11.8 Å². The second kappa shape index (κ2) is 13.9. The molecule has 7 rings (SSSR count). The quantitative estimate of drug-likeness (QED) is 0.223. The largest absolute Gasteiger partial charge is 0.391 e. The van der Waals surface area contributed by atoms with Crippen LogP contribution in [0.25, 0.3) is 16.3 Å². The standard InChI is InChI=1S/C20H20.C9H15N5O3.C5H11NO/c1-13-6-5-9-18-17-11-10-15-7-3-4-8-16(15)19(17)12-14(2)20(13)18;1-3(15)6(16)4-2-11-7-5(12-4)8(17)14-9(10)13-7;7-6-4-2-1-3-5-6/h3-5,7-11,13-14H,6,12H2,1-2H3;3-4,6,12,15-16H,2H2,1H3,(H4,10,11,13,14,17);7H,1-5H2. The molecule has 10 nitrogen and oxygen atoms in total. The van der Waals surface area contributed by atoms with Crippen LogP contribution >= 0.6 is 0 Å². The lowest BCUT2D eigenvalue weighted by atomic mass is 9.71. The maximum atomic E-state index is 11.6. The number of nitrogens with zero attached hydrogens (tertiary/aromatic N) is 2. The number of nitrogens with two attached hydrogens (primary N) is 1. The normalized spacial score (nSPS) is 23.7. The molecule has 236 valence electrons. The predicted molar refractivity (Wildman–Crippen MR) is 177 cm³/mol. The van der Waals surface area contributed by atoms with Gasteiger partial charge in [-0.3, -0.25) is 9.78 Å². The van der Waals surface area contributed by atoms with E-state index in [4.69, 9.17) is 10.9 Å². The molecular weight excluding hydrogens is 556 g/mol. The second-order valence-corrected chi connectivity index (χ2v) is 12.4. The highest BCUT2D eigenvalue weighted by Crippen LogP contribution is 2.44. The molecule has 1 saturated heterocycles. The topological polar surface area (TPSA) is 160 Å². The molecular formula is C34H46N6O4. The molecule has 0 amide bonds. The minimum atomic E-state index is -0.979. The van der Waals surface area contributed by atoms with Crippen LogP contribution in [0.1, 0.15) is 57.6 Å². The molecule has 44 heavy (non-hydrogen) atoms. The van der Waals surface area contributed by atoms with E-state index >= 15 is 0 Å². The van der Waals surface area contributed by atoms with Gasteiger partial charge in [0, 0.05) is 19.6 Å². The van der Waals surface area contributed by atoms with E-state index in [2.05, 4.69) is 83.0 Å². The van der Waals surface area contributed by atoms with Crippen LogP contribution in [0.4, 0.5) is 17.5 Å². The van der Waals surface area contributed by atoms with Gasteiger partial charge < -0.3 is 31.8 Å². The smallest absolute Gasteiger partial charge is 0.277 e. The van der Waals surface area contributed by atoms with Crippen molar-refractivity contribution >= 4 is 33.8 Å². The van der Waals surface area contributed by atoms with Gasteiger partial charge in [-0.15, -0.1) is 0 Å². The van der Waals surface area contributed by atoms with Crippen molar-refractivity contribution in [3.8, 4) is 0 Å². The minimum Gasteiger partial charge on any atom is -0.391 e. The Balaban J connectivity index is 0.000000145. The number of nitrogens with one attached hydrogen (secondary N) is 3. The van der Waals surface area contributed by atoms with E-state index in [0.29, 0.717) is 24.2 Å². The van der Waals surface area contributed by atoms with E-state index in [1.54, 1.807) is 11.1 Å². The third-order valence-corrected chi connectivity index (χ3v) is 8.98. The molecule has 10 heteroatoms. The number of fused-ring (bicyclic) bond motifs is 5. The molecule has 8 N–H and O–H groups in total. The first-order valence-corrected chi connectivity index (χ1v) is 15.8. The predicted octanol–water partition coefficient (Wildman–Crippen LogP) is 4.54. The second-order valence-electron chi connectivity index (χ2n) is 12.4. The minimum absolute atomic E-state index is 0.0255. The Morgan fingerprint density at radius 2 is 1.80 bits per heavy atom. The fourth-order valence-electron chi connectivity index (χ4n) is 6.71. The highest BCUT2D eigenvalue weighted by Gasteiger charge is 2.30. The summed E-state index contributed by atoms with van der Waals surface area (Å²) in [5.74, 6) is 1.74. The van der Waals surface area contributed by atoms with Crippen molar-refractivity contribution in [3.05, 3.63) is 75.6 Å². The molecule has 3 heterocycles. The number of hydrogen-bond acceptors (Lipinski definition) is 9. The van der Waals surface area contributed by atoms with Gasteiger partial charge in [-0.05, 0) is 71.9 Å². The molecule has 5 atom stereocenters. The van der Waals surface area contributed by atoms with Gasteiger partial charge in [-0.1, -0.05) is 74.4 Å². The number of aliphatic hydroxyl groups excluding tert-OH is 2. The molecule has 0 saturated carbocycles. The van der Waals surface area contributed by atoms with Gasteiger partial charge >= 0.3 is 0 Å². The molecule has 2 aromatic carbocycles. The average molecular weight is 603 g/mol. The maximum Gasteiger partial charge on any atom is 0.277 e. The van der Waals surface area contributed by atoms with Gasteiger partial charge in [0.2, 0.25) is 5.95 Å². The Labute approximate surface area is 258 Å². The van der Waals surface area contributed by atoms with Crippen LogP contribution in [0, 0.1) is 11.8 Å². The number of allylic oxidation sites excluding steroid dienone is 4. The summed E-state index contributed by atoms with van der Waals surface area (Å²) in [6.45, 7) is 8.35. The highest BCUT2D eigenvalue weighted by atomic mass is 16.5. The summed E-state index contributed by atoms with van der Waals surface area (Å²) >= 11 is 0. The zero-order chi connectivity index (χ0) is 31.4. The number of hydroxylamine groups is 2. The Morgan fingerprint density at radius 3 is 2.50 bits per heavy atom. The third-order valence-electron chi connectivity index (χ3n) is 8.98. The number of nitrogen functional groups attached to an aromatic ring is 1. The first-order chi connectivity index (χ1) is 21.1. The van der Waals surface area contributed by atoms with Crippen LogP contribution in [-0.2, 0) is 6.42 Å². The molecule has 4 aliphatic rings. The zero-order valence-electron chi connectivity index (χ0n) is 25.9. The van der Waals surface area contributed by atoms with Crippen molar-refractivity contribution < 1.29 is 15.4 Å². The Morgan fingerprint density at radius 1 is 1.05 bits per heavy atom. The summed E-state index contributed by atoms with van der Waals surface area (Å²) in [5.41, 5.74) is 11.4. The summed E-state index contributed by atoms with van der Waals surface area (Å²) in [5, 5.41) is 37.7. The summed E-state index contributed by atoms with van der Waals surface area (Å²) in [7, 11) is 0. The number of aliphatic hydroxyl groups is 2. The Kier molecular flexibility index (Phi) is 10.1. The van der Waals surface area contributed by atoms with E-state index < -0.39 is 23.8 Å². The van der Waals surface area contributed by atoms with Gasteiger partial charge in [0.05, 0.1) is 12.1 Å². The fraction of sp³-hybridized carbons (Fsp3) is 0.471. The summed E-state index contributed by atoms with van der Waals surface area (Å²) in [6.07, 6.45) is 8.84. The van der Waals surface area contributed by atoms with Gasteiger partial charge in [0.15, 0.2) is 5.82 Å². The Bertz CT molecular complexity index is 1580. The van der Waals surface area contributed by atoms with E-state index in [9.17, 15) is 15.0 Å². The monoisotopic (exact) mass is 602 g/mol. The SMILES string of the molecule is CC(O)C(O)C1CNc2nc(N)[nH]c(=O)c2N1.CC1CC=CC2=C1C(C)Cc1c2ccc2ccccc12.ON1CCCCC1. The van der Waals surface area contributed by atoms with Gasteiger partial charge in [-0.2, -0.15) is 10.0 Å². The molecule has 3 aromatic rings. The number of piperidine rings is 1. The lowest BCUT2D eigenvalue weighted by Gasteiger charge is -2.33. The summed E-state index contributed by atoms with van der Waals surface area (Å²) in [6, 6.07) is 13.0. The van der Waals surface area contributed by atoms with Gasteiger partial charge in [0.1, 0.15) is 11.8 Å². The number of aromatic nitrogens is 2. The van der Waals surface area contributed by atoms with E-state index in [1.165, 1.54) is 53.2 Å². The molecule has 2 aliphatic carbocycles. The molecule has 0 radical (unpaired) electrons. The molecule has 0 bridgehead atoms. The molecule has 0 spiro atoms. The van der Waals surface area contributed by atoms with Crippen LogP contribution in [0.5, 0.6) is 0 Å². The van der Waals surface area contributed by atoms with Crippen molar-refractivity contribution in [3.63, 3.8) is 0 Å². The first kappa shape index (κ1) is 31.7. The zero-order valence-corrected chi connectivity index (χ0v) is 25.9. The number of H-pyrrole nitrogens is 1. The molecule has 5 unspecified atom stereocenters. The molecule has 1 aromatic heterocycles. The van der Waals surface area contributed by atoms with Crippen LogP contribution in [-0.4, -0.2) is 68.3 Å². The van der Waals surface area contributed by atoms with E-state index in [1.807, 2.05) is 0 Å². The van der Waals surface area contributed by atoms with Crippen LogP contribution in [0.15, 0.2) is 58.9 Å². The lowest BCUT2D eigenvalue weighted by molar-refractivity contribution is -0.103. The van der Waals surface area contributed by atoms with Crippen LogP contribution in [0.3, 0.4) is 0 Å². The lowest BCUT2D eigenvalue weighted by Crippen LogP contribution is -2.48. The molecule has 1 fully saturated rings. The number of rotatable bonds is 2. The molecule has 2 aliphatic heterocycles. The summed E-state index contributed by atoms with van der Waals surface area (Å²) in [4.78, 5) is 17.9. The maximum absolute atomic E-state index is 11.6. The van der Waals surface area contributed by atoms with Crippen LogP contribution < -0.4 is 21.9 Å². The number of aromatic amines is 1. The van der Waals surface area contributed by atoms with Crippen molar-refractivity contribution in [2.75, 3.05) is 36.0 Å². The first-order valence-electron chi connectivity index (χ1n) is 15.8. The number of hydrogen-bond donors (Lipinski definition) is 7. The number of anilines is 3. The Hall–Kier alpha value is -3.70. The number of benzene rings is 2. The fourth-order valence-corrected chi connectivity index (χ4v) is 6.71. The highest BCUT2D eigenvalue weighted by molar-refractivity contribution is 5.94. The van der Waals surface area contributed by atoms with Crippen molar-refractivity contribution in [1.29, 1.82) is 0 Å². The van der Waals surface area contributed by atoms with Gasteiger partial charge in [-0.25, -0.2) is 0 Å². The third kappa shape index (κ3) is 6.99. The van der Waals surface area contributed by atoms with Gasteiger partial charge in [0.25, 0.3) is 5.56 Å². The summed E-state index contributed by atoms with van der Waals surface area (Å²) < 4.78 is 0.